The lowest BCUT2D eigenvalue weighted by atomic mass is 10.0. The molecule has 0 spiro atoms. The van der Waals surface area contributed by atoms with Crippen molar-refractivity contribution < 1.29 is 23.9 Å². The van der Waals surface area contributed by atoms with Gasteiger partial charge in [0, 0.05) is 5.30 Å². The van der Waals surface area contributed by atoms with Gasteiger partial charge < -0.3 is 20.1 Å². The van der Waals surface area contributed by atoms with Gasteiger partial charge in [0.05, 0.1) is 0 Å². The first-order valence-electron chi connectivity index (χ1n) is 12.5. The Morgan fingerprint density at radius 1 is 0.816 bits per heavy atom. The van der Waals surface area contributed by atoms with Crippen molar-refractivity contribution in [1.29, 1.82) is 0 Å². The Balaban J connectivity index is 1.73. The first-order chi connectivity index (χ1) is 18.0. The molecule has 1 atom stereocenters. The van der Waals surface area contributed by atoms with E-state index in [1.807, 2.05) is 54.6 Å². The Kier molecular flexibility index (Phi) is 10.0. The lowest BCUT2D eigenvalue weighted by Crippen LogP contribution is -2.51. The highest BCUT2D eigenvalue weighted by molar-refractivity contribution is 7.80. The van der Waals surface area contributed by atoms with Gasteiger partial charge in [-0.3, -0.25) is 4.79 Å². The number of esters is 1. The van der Waals surface area contributed by atoms with E-state index in [1.165, 1.54) is 0 Å². The Bertz CT molecular complexity index is 1190. The largest absolute Gasteiger partial charge is 0.444 e. The summed E-state index contributed by atoms with van der Waals surface area (Å²) in [5.41, 5.74) is -0.696. The molecule has 3 aromatic carbocycles. The molecule has 38 heavy (non-hydrogen) atoms. The van der Waals surface area contributed by atoms with Gasteiger partial charge in [0.2, 0.25) is 5.91 Å². The molecule has 2 N–H and O–H groups in total. The van der Waals surface area contributed by atoms with Crippen molar-refractivity contribution in [2.24, 2.45) is 5.92 Å². The van der Waals surface area contributed by atoms with Gasteiger partial charge in [-0.05, 0) is 51.3 Å². The molecule has 0 saturated carbocycles. The number of ether oxygens (including phenoxy) is 2. The number of nitrogens with one attached hydrogen (secondary N) is 2. The summed E-state index contributed by atoms with van der Waals surface area (Å²) in [5.74, 6) is -0.883. The highest BCUT2D eigenvalue weighted by Gasteiger charge is 2.28. The number of hydrogen-bond acceptors (Lipinski definition) is 5. The second-order valence-electron chi connectivity index (χ2n) is 10.0. The van der Waals surface area contributed by atoms with Crippen LogP contribution in [0.1, 0.15) is 34.6 Å². The van der Waals surface area contributed by atoms with Gasteiger partial charge in [0.25, 0.3) is 0 Å². The average molecular weight is 535 g/mol. The van der Waals surface area contributed by atoms with Crippen LogP contribution >= 0.6 is 7.92 Å². The van der Waals surface area contributed by atoms with Crippen LogP contribution in [-0.4, -0.2) is 36.2 Å². The molecule has 8 heteroatoms. The van der Waals surface area contributed by atoms with Crippen LogP contribution in [0.5, 0.6) is 5.75 Å². The molecule has 0 aliphatic rings. The van der Waals surface area contributed by atoms with E-state index in [9.17, 15) is 14.4 Å². The number of para-hydroxylation sites is 1. The van der Waals surface area contributed by atoms with Gasteiger partial charge in [0.15, 0.2) is 0 Å². The second kappa shape index (κ2) is 13.2. The van der Waals surface area contributed by atoms with E-state index in [0.717, 1.165) is 15.9 Å². The summed E-state index contributed by atoms with van der Waals surface area (Å²) in [6.45, 7) is 8.48. The number of amides is 2. The lowest BCUT2D eigenvalue weighted by Gasteiger charge is -2.25. The van der Waals surface area contributed by atoms with Crippen molar-refractivity contribution >= 4 is 41.8 Å². The van der Waals surface area contributed by atoms with Gasteiger partial charge in [-0.1, -0.05) is 92.7 Å². The van der Waals surface area contributed by atoms with E-state index < -0.39 is 37.5 Å². The van der Waals surface area contributed by atoms with E-state index in [4.69, 9.17) is 9.47 Å². The van der Waals surface area contributed by atoms with Gasteiger partial charge in [-0.25, -0.2) is 9.59 Å². The molecule has 2 amide bonds. The normalized spacial score (nSPS) is 12.1. The van der Waals surface area contributed by atoms with E-state index in [0.29, 0.717) is 5.75 Å². The monoisotopic (exact) mass is 534 g/mol. The van der Waals surface area contributed by atoms with Crippen molar-refractivity contribution in [2.45, 2.75) is 46.3 Å². The van der Waals surface area contributed by atoms with Crippen molar-refractivity contribution in [3.63, 3.8) is 0 Å². The lowest BCUT2D eigenvalue weighted by molar-refractivity contribution is -0.136. The third-order valence-corrected chi connectivity index (χ3v) is 7.87. The van der Waals surface area contributed by atoms with E-state index >= 15 is 0 Å². The number of hydrogen-bond donors (Lipinski definition) is 2. The zero-order valence-corrected chi connectivity index (χ0v) is 23.3. The zero-order chi connectivity index (χ0) is 27.7. The van der Waals surface area contributed by atoms with Gasteiger partial charge in [0.1, 0.15) is 23.9 Å². The number of carbonyl (C=O) groups is 3. The molecule has 0 fully saturated rings. The number of rotatable bonds is 9. The maximum Gasteiger partial charge on any atom is 0.408 e. The molecule has 3 aromatic rings. The highest BCUT2D eigenvalue weighted by atomic mass is 31.1. The van der Waals surface area contributed by atoms with E-state index in [2.05, 4.69) is 34.9 Å². The summed E-state index contributed by atoms with van der Waals surface area (Å²) in [4.78, 5) is 37.8. The van der Waals surface area contributed by atoms with Crippen LogP contribution in [0, 0.1) is 5.92 Å². The van der Waals surface area contributed by atoms with Gasteiger partial charge in [-0.15, -0.1) is 0 Å². The zero-order valence-electron chi connectivity index (χ0n) is 22.4. The SMILES string of the molecule is CC(C)[C@H](NC(=O)OC(C)(C)C)C(=O)NCC(=O)Oc1ccccc1P(c1ccccc1)c1ccccc1. The molecule has 0 heterocycles. The van der Waals surface area contributed by atoms with E-state index in [-0.39, 0.29) is 12.5 Å². The van der Waals surface area contributed by atoms with Gasteiger partial charge in [-0.2, -0.15) is 0 Å². The average Bonchev–Trinajstić information content (AvgIpc) is 2.87. The Hall–Kier alpha value is -3.70. The Morgan fingerprint density at radius 3 is 1.87 bits per heavy atom. The summed E-state index contributed by atoms with van der Waals surface area (Å²) < 4.78 is 11.0. The smallest absolute Gasteiger partial charge is 0.408 e. The van der Waals surface area contributed by atoms with Crippen LogP contribution in [0.3, 0.4) is 0 Å². The van der Waals surface area contributed by atoms with Crippen molar-refractivity contribution in [3.8, 4) is 5.75 Å². The predicted molar refractivity (Wildman–Crippen MR) is 152 cm³/mol. The molecule has 0 aliphatic heterocycles. The number of carbonyl (C=O) groups excluding carboxylic acids is 3. The molecule has 7 nitrogen and oxygen atoms in total. The quantitative estimate of drug-likeness (QED) is 0.246. The van der Waals surface area contributed by atoms with Crippen molar-refractivity contribution in [3.05, 3.63) is 84.9 Å². The summed E-state index contributed by atoms with van der Waals surface area (Å²) in [6.07, 6.45) is -0.696. The van der Waals surface area contributed by atoms with Crippen LogP contribution in [0.15, 0.2) is 84.9 Å². The molecule has 0 radical (unpaired) electrons. The molecule has 200 valence electrons. The summed E-state index contributed by atoms with van der Waals surface area (Å²) >= 11 is 0. The third kappa shape index (κ3) is 8.42. The maximum absolute atomic E-state index is 12.8. The number of benzene rings is 3. The van der Waals surface area contributed by atoms with E-state index in [1.54, 1.807) is 40.7 Å². The summed E-state index contributed by atoms with van der Waals surface area (Å²) in [7, 11) is -0.986. The molecular formula is C30H35N2O5P. The van der Waals surface area contributed by atoms with Crippen LogP contribution in [0.4, 0.5) is 4.79 Å². The maximum atomic E-state index is 12.8. The Morgan fingerprint density at radius 2 is 1.34 bits per heavy atom. The third-order valence-electron chi connectivity index (χ3n) is 5.39. The van der Waals surface area contributed by atoms with Crippen LogP contribution < -0.4 is 31.3 Å². The van der Waals surface area contributed by atoms with Crippen molar-refractivity contribution in [1.82, 2.24) is 10.6 Å². The summed E-state index contributed by atoms with van der Waals surface area (Å²) in [6, 6.07) is 26.8. The minimum Gasteiger partial charge on any atom is -0.444 e. The first-order valence-corrected chi connectivity index (χ1v) is 13.9. The fourth-order valence-electron chi connectivity index (χ4n) is 3.71. The summed E-state index contributed by atoms with van der Waals surface area (Å²) in [5, 5.41) is 8.31. The highest BCUT2D eigenvalue weighted by Crippen LogP contribution is 2.36. The van der Waals surface area contributed by atoms with Crippen LogP contribution in [0.25, 0.3) is 0 Å². The first kappa shape index (κ1) is 28.9. The van der Waals surface area contributed by atoms with Gasteiger partial charge >= 0.3 is 12.1 Å². The molecule has 0 saturated heterocycles. The van der Waals surface area contributed by atoms with Crippen LogP contribution in [-0.2, 0) is 14.3 Å². The molecule has 0 aliphatic carbocycles. The van der Waals surface area contributed by atoms with Crippen molar-refractivity contribution in [2.75, 3.05) is 6.54 Å². The fraction of sp³-hybridized carbons (Fsp3) is 0.300. The number of alkyl carbamates (subject to hydrolysis) is 1. The Labute approximate surface area is 225 Å². The minimum atomic E-state index is -0.986. The minimum absolute atomic E-state index is 0.223. The molecular weight excluding hydrogens is 499 g/mol. The molecule has 3 rings (SSSR count). The topological polar surface area (TPSA) is 93.7 Å². The molecule has 0 unspecified atom stereocenters. The van der Waals surface area contributed by atoms with Crippen LogP contribution in [0.2, 0.25) is 0 Å². The fourth-order valence-corrected chi connectivity index (χ4v) is 6.08. The molecule has 0 aromatic heterocycles. The second-order valence-corrected chi connectivity index (χ2v) is 12.2. The predicted octanol–water partition coefficient (Wildman–Crippen LogP) is 4.02. The molecule has 0 bridgehead atoms. The standard InChI is InChI=1S/C30H35N2O5P/c1-21(2)27(32-29(35)37-30(3,4)5)28(34)31-20-26(33)36-24-18-12-13-19-25(24)38(22-14-8-6-9-15-22)23-16-10-7-11-17-23/h6-19,21,27H,20H2,1-5H3,(H,31,34)(H,32,35)/t27-/m0/s1.